The van der Waals surface area contributed by atoms with Gasteiger partial charge in [0.2, 0.25) is 11.6 Å². The summed E-state index contributed by atoms with van der Waals surface area (Å²) < 4.78 is 6.05. The van der Waals surface area contributed by atoms with Crippen LogP contribution >= 0.6 is 27.5 Å². The second-order valence-electron chi connectivity index (χ2n) is 5.42. The van der Waals surface area contributed by atoms with Gasteiger partial charge in [0, 0.05) is 41.8 Å². The summed E-state index contributed by atoms with van der Waals surface area (Å²) in [5.41, 5.74) is 0.917. The number of fused-ring (bicyclic) bond motifs is 1. The Morgan fingerprint density at radius 1 is 1.17 bits per heavy atom. The zero-order chi connectivity index (χ0) is 16.4. The zero-order valence-corrected chi connectivity index (χ0v) is 14.7. The van der Waals surface area contributed by atoms with Crippen molar-refractivity contribution in [2.24, 2.45) is 0 Å². The minimum Gasteiger partial charge on any atom is -0.379 e. The second-order valence-corrected chi connectivity index (χ2v) is 6.71. The first kappa shape index (κ1) is 16.6. The molecular formula is C16H16BrClN2O3. The number of hydrogen-bond donors (Lipinski definition) is 1. The van der Waals surface area contributed by atoms with E-state index in [1.165, 1.54) is 0 Å². The molecule has 23 heavy (non-hydrogen) atoms. The number of morpholine rings is 1. The summed E-state index contributed by atoms with van der Waals surface area (Å²) in [6.07, 6.45) is 0. The normalized spacial score (nSPS) is 19.0. The number of Topliss-reactive ketones (excluding diaryl/α,β-unsaturated/α-hetero) is 2. The Balaban J connectivity index is 1.72. The number of halogens is 2. The number of nitrogens with one attached hydrogen (secondary N) is 1. The molecule has 0 spiro atoms. The van der Waals surface area contributed by atoms with E-state index in [9.17, 15) is 9.59 Å². The van der Waals surface area contributed by atoms with Crippen molar-refractivity contribution in [3.8, 4) is 0 Å². The molecule has 1 aliphatic carbocycles. The Hall–Kier alpha value is -1.21. The lowest BCUT2D eigenvalue weighted by Gasteiger charge is -2.27. The SMILES string of the molecule is O=C1C(Cl)=C(NCCN2CCOCC2)C(=O)c2cc(Br)ccc21. The molecule has 1 N–H and O–H groups in total. The summed E-state index contributed by atoms with van der Waals surface area (Å²) >= 11 is 9.44. The summed E-state index contributed by atoms with van der Waals surface area (Å²) in [6, 6.07) is 5.00. The minimum absolute atomic E-state index is 0.0354. The van der Waals surface area contributed by atoms with E-state index < -0.39 is 0 Å². The fourth-order valence-corrected chi connectivity index (χ4v) is 3.31. The highest BCUT2D eigenvalue weighted by atomic mass is 79.9. The Morgan fingerprint density at radius 2 is 1.91 bits per heavy atom. The van der Waals surface area contributed by atoms with Gasteiger partial charge in [-0.15, -0.1) is 0 Å². The molecule has 1 fully saturated rings. The molecule has 1 aromatic carbocycles. The van der Waals surface area contributed by atoms with Crippen LogP contribution in [0.25, 0.3) is 0 Å². The average molecular weight is 400 g/mol. The largest absolute Gasteiger partial charge is 0.379 e. The van der Waals surface area contributed by atoms with Crippen LogP contribution < -0.4 is 5.32 Å². The molecule has 1 heterocycles. The van der Waals surface area contributed by atoms with Crippen LogP contribution in [0.1, 0.15) is 20.7 Å². The monoisotopic (exact) mass is 398 g/mol. The van der Waals surface area contributed by atoms with Crippen LogP contribution in [0.5, 0.6) is 0 Å². The molecule has 1 aromatic rings. The maximum absolute atomic E-state index is 12.6. The lowest BCUT2D eigenvalue weighted by molar-refractivity contribution is 0.0386. The first-order chi connectivity index (χ1) is 11.1. The standard InChI is InChI=1S/C16H16BrClN2O3/c17-10-1-2-11-12(9-10)16(22)14(13(18)15(11)21)19-3-4-20-5-7-23-8-6-20/h1-2,9,19H,3-8H2. The summed E-state index contributed by atoms with van der Waals surface area (Å²) in [5, 5.41) is 3.00. The molecule has 2 aliphatic rings. The quantitative estimate of drug-likeness (QED) is 0.841. The Labute approximate surface area is 147 Å². The first-order valence-electron chi connectivity index (χ1n) is 7.40. The smallest absolute Gasteiger partial charge is 0.211 e. The van der Waals surface area contributed by atoms with Gasteiger partial charge in [-0.2, -0.15) is 0 Å². The van der Waals surface area contributed by atoms with Gasteiger partial charge >= 0.3 is 0 Å². The number of carbonyl (C=O) groups excluding carboxylic acids is 2. The summed E-state index contributed by atoms with van der Waals surface area (Å²) in [7, 11) is 0. The van der Waals surface area contributed by atoms with Gasteiger partial charge in [0.05, 0.1) is 13.2 Å². The topological polar surface area (TPSA) is 58.6 Å². The number of allylic oxidation sites excluding steroid dienone is 2. The Kier molecular flexibility index (Phi) is 5.16. The minimum atomic E-state index is -0.317. The predicted molar refractivity (Wildman–Crippen MR) is 90.9 cm³/mol. The van der Waals surface area contributed by atoms with E-state index in [2.05, 4.69) is 26.1 Å². The number of ether oxygens (including phenoxy) is 1. The fraction of sp³-hybridized carbons (Fsp3) is 0.375. The molecule has 122 valence electrons. The van der Waals surface area contributed by atoms with Gasteiger partial charge in [0.15, 0.2) is 0 Å². The highest BCUT2D eigenvalue weighted by Crippen LogP contribution is 2.29. The number of hydrogen-bond acceptors (Lipinski definition) is 5. The van der Waals surface area contributed by atoms with Crippen molar-refractivity contribution in [3.05, 3.63) is 44.5 Å². The van der Waals surface area contributed by atoms with E-state index in [0.29, 0.717) is 17.7 Å². The lowest BCUT2D eigenvalue weighted by atomic mass is 9.92. The molecule has 1 aliphatic heterocycles. The number of ketones is 2. The number of nitrogens with zero attached hydrogens (tertiary/aromatic N) is 1. The molecule has 0 saturated carbocycles. The van der Waals surface area contributed by atoms with Gasteiger partial charge in [0.1, 0.15) is 10.7 Å². The van der Waals surface area contributed by atoms with Gasteiger partial charge in [0.25, 0.3) is 0 Å². The van der Waals surface area contributed by atoms with E-state index in [0.717, 1.165) is 37.3 Å². The van der Waals surface area contributed by atoms with Crippen LogP contribution in [-0.4, -0.2) is 55.9 Å². The molecule has 0 aromatic heterocycles. The molecule has 7 heteroatoms. The van der Waals surface area contributed by atoms with Gasteiger partial charge in [-0.25, -0.2) is 0 Å². The van der Waals surface area contributed by atoms with Crippen molar-refractivity contribution in [2.45, 2.75) is 0 Å². The molecule has 0 amide bonds. The predicted octanol–water partition coefficient (Wildman–Crippen LogP) is 2.20. The van der Waals surface area contributed by atoms with Crippen molar-refractivity contribution in [3.63, 3.8) is 0 Å². The third-order valence-electron chi connectivity index (χ3n) is 3.95. The maximum Gasteiger partial charge on any atom is 0.211 e. The van der Waals surface area contributed by atoms with E-state index in [1.54, 1.807) is 18.2 Å². The van der Waals surface area contributed by atoms with Crippen LogP contribution in [0.2, 0.25) is 0 Å². The number of carbonyl (C=O) groups is 2. The number of benzene rings is 1. The van der Waals surface area contributed by atoms with Crippen molar-refractivity contribution in [2.75, 3.05) is 39.4 Å². The molecule has 0 atom stereocenters. The molecule has 5 nitrogen and oxygen atoms in total. The van der Waals surface area contributed by atoms with Crippen LogP contribution in [0.3, 0.4) is 0 Å². The van der Waals surface area contributed by atoms with Crippen molar-refractivity contribution in [1.82, 2.24) is 10.2 Å². The summed E-state index contributed by atoms with van der Waals surface area (Å²) in [5.74, 6) is -0.560. The second kappa shape index (κ2) is 7.13. The molecule has 0 unspecified atom stereocenters. The Morgan fingerprint density at radius 3 is 2.65 bits per heavy atom. The van der Waals surface area contributed by atoms with Gasteiger partial charge in [-0.1, -0.05) is 27.5 Å². The van der Waals surface area contributed by atoms with Gasteiger partial charge < -0.3 is 10.1 Å². The van der Waals surface area contributed by atoms with E-state index >= 15 is 0 Å². The maximum atomic E-state index is 12.6. The average Bonchev–Trinajstić information content (AvgIpc) is 2.57. The highest BCUT2D eigenvalue weighted by Gasteiger charge is 2.31. The Bertz CT molecular complexity index is 684. The number of rotatable bonds is 4. The van der Waals surface area contributed by atoms with Crippen LogP contribution in [0, 0.1) is 0 Å². The van der Waals surface area contributed by atoms with E-state index in [4.69, 9.17) is 16.3 Å². The summed E-state index contributed by atoms with van der Waals surface area (Å²) in [6.45, 7) is 4.51. The van der Waals surface area contributed by atoms with Gasteiger partial charge in [-0.05, 0) is 18.2 Å². The molecule has 0 radical (unpaired) electrons. The fourth-order valence-electron chi connectivity index (χ4n) is 2.69. The van der Waals surface area contributed by atoms with E-state index in [1.807, 2.05) is 0 Å². The third-order valence-corrected chi connectivity index (χ3v) is 4.80. The molecular weight excluding hydrogens is 384 g/mol. The zero-order valence-electron chi connectivity index (χ0n) is 12.4. The third kappa shape index (κ3) is 3.50. The van der Waals surface area contributed by atoms with Crippen molar-refractivity contribution < 1.29 is 14.3 Å². The van der Waals surface area contributed by atoms with E-state index in [-0.39, 0.29) is 22.3 Å². The lowest BCUT2D eigenvalue weighted by Crippen LogP contribution is -2.41. The van der Waals surface area contributed by atoms with Crippen LogP contribution in [-0.2, 0) is 4.74 Å². The van der Waals surface area contributed by atoms with Gasteiger partial charge in [-0.3, -0.25) is 14.5 Å². The van der Waals surface area contributed by atoms with Crippen LogP contribution in [0.15, 0.2) is 33.4 Å². The molecule has 1 saturated heterocycles. The van der Waals surface area contributed by atoms with Crippen molar-refractivity contribution >= 4 is 39.1 Å². The highest BCUT2D eigenvalue weighted by molar-refractivity contribution is 9.10. The van der Waals surface area contributed by atoms with Crippen LogP contribution in [0.4, 0.5) is 0 Å². The van der Waals surface area contributed by atoms with Crippen molar-refractivity contribution in [1.29, 1.82) is 0 Å². The summed E-state index contributed by atoms with van der Waals surface area (Å²) in [4.78, 5) is 27.2. The molecule has 3 rings (SSSR count). The first-order valence-corrected chi connectivity index (χ1v) is 8.57. The molecule has 0 bridgehead atoms.